The minimum absolute atomic E-state index is 0.123. The summed E-state index contributed by atoms with van der Waals surface area (Å²) in [6.45, 7) is 1.87. The Hall–Kier alpha value is -0.930. The summed E-state index contributed by atoms with van der Waals surface area (Å²) in [5.74, 6) is 1.14. The maximum atomic E-state index is 6.10. The third kappa shape index (κ3) is 1.94. The summed E-state index contributed by atoms with van der Waals surface area (Å²) < 4.78 is 10.2. The minimum atomic E-state index is -0.123. The predicted octanol–water partition coefficient (Wildman–Crippen LogP) is 2.38. The minimum Gasteiger partial charge on any atom is -0.493 e. The van der Waals surface area contributed by atoms with Crippen LogP contribution in [-0.2, 0) is 0 Å². The average Bonchev–Trinajstić information content (AvgIpc) is 2.16. The molecule has 1 rings (SSSR count). The van der Waals surface area contributed by atoms with Crippen LogP contribution in [0.4, 0.5) is 0 Å². The Morgan fingerprint density at radius 1 is 1.29 bits per heavy atom. The highest BCUT2D eigenvalue weighted by Crippen LogP contribution is 2.38. The molecule has 0 aliphatic rings. The maximum absolute atomic E-state index is 6.10. The lowest BCUT2D eigenvalue weighted by molar-refractivity contribution is 0.354. The molecule has 1 atom stereocenters. The zero-order valence-corrected chi connectivity index (χ0v) is 9.26. The first-order chi connectivity index (χ1) is 6.61. The number of hydrogen-bond acceptors (Lipinski definition) is 3. The fourth-order valence-electron chi connectivity index (χ4n) is 1.26. The molecule has 2 N–H and O–H groups in total. The molecule has 0 heterocycles. The smallest absolute Gasteiger partial charge is 0.179 e. The van der Waals surface area contributed by atoms with E-state index in [1.807, 2.05) is 13.0 Å². The van der Waals surface area contributed by atoms with E-state index in [-0.39, 0.29) is 6.04 Å². The van der Waals surface area contributed by atoms with Gasteiger partial charge in [-0.25, -0.2) is 0 Å². The third-order valence-electron chi connectivity index (χ3n) is 2.01. The lowest BCUT2D eigenvalue weighted by atomic mass is 10.1. The summed E-state index contributed by atoms with van der Waals surface area (Å²) in [5, 5.41) is 0.516. The van der Waals surface area contributed by atoms with E-state index < -0.39 is 0 Å². The van der Waals surface area contributed by atoms with Crippen LogP contribution in [0.3, 0.4) is 0 Å². The highest BCUT2D eigenvalue weighted by Gasteiger charge is 2.14. The van der Waals surface area contributed by atoms with Crippen molar-refractivity contribution in [2.75, 3.05) is 14.2 Å². The summed E-state index contributed by atoms with van der Waals surface area (Å²) in [5.41, 5.74) is 6.60. The Labute approximate surface area is 88.8 Å². The third-order valence-corrected chi connectivity index (χ3v) is 2.40. The molecule has 3 nitrogen and oxygen atoms in total. The second-order valence-electron chi connectivity index (χ2n) is 2.99. The zero-order chi connectivity index (χ0) is 10.7. The van der Waals surface area contributed by atoms with E-state index in [1.165, 1.54) is 0 Å². The van der Waals surface area contributed by atoms with Crippen LogP contribution < -0.4 is 15.2 Å². The van der Waals surface area contributed by atoms with Crippen LogP contribution >= 0.6 is 11.6 Å². The van der Waals surface area contributed by atoms with Gasteiger partial charge in [0.1, 0.15) is 0 Å². The van der Waals surface area contributed by atoms with Crippen molar-refractivity contribution >= 4 is 11.6 Å². The van der Waals surface area contributed by atoms with Gasteiger partial charge < -0.3 is 15.2 Å². The Kier molecular flexibility index (Phi) is 3.61. The molecule has 4 heteroatoms. The molecular formula is C10H14ClNO2. The van der Waals surface area contributed by atoms with Crippen molar-refractivity contribution in [1.29, 1.82) is 0 Å². The van der Waals surface area contributed by atoms with Gasteiger partial charge in [-0.2, -0.15) is 0 Å². The van der Waals surface area contributed by atoms with Crippen LogP contribution in [0.25, 0.3) is 0 Å². The van der Waals surface area contributed by atoms with E-state index in [2.05, 4.69) is 0 Å². The van der Waals surface area contributed by atoms with Gasteiger partial charge in [0.25, 0.3) is 0 Å². The first-order valence-electron chi connectivity index (χ1n) is 4.27. The van der Waals surface area contributed by atoms with Crippen molar-refractivity contribution < 1.29 is 9.47 Å². The fourth-order valence-corrected chi connectivity index (χ4v) is 1.66. The number of benzene rings is 1. The van der Waals surface area contributed by atoms with Crippen molar-refractivity contribution in [3.05, 3.63) is 22.7 Å². The Morgan fingerprint density at radius 3 is 2.36 bits per heavy atom. The van der Waals surface area contributed by atoms with Crippen LogP contribution in [0, 0.1) is 0 Å². The standard InChI is InChI=1S/C10H14ClNO2/c1-6(12)7-4-5-8(13-2)10(14-3)9(7)11/h4-6H,12H2,1-3H3/t6-/m1/s1. The van der Waals surface area contributed by atoms with E-state index in [0.29, 0.717) is 16.5 Å². The molecule has 0 amide bonds. The zero-order valence-electron chi connectivity index (χ0n) is 8.50. The number of ether oxygens (including phenoxy) is 2. The number of hydrogen-bond donors (Lipinski definition) is 1. The lowest BCUT2D eigenvalue weighted by Crippen LogP contribution is -2.06. The van der Waals surface area contributed by atoms with Crippen molar-refractivity contribution in [2.45, 2.75) is 13.0 Å². The molecule has 1 aromatic rings. The summed E-state index contributed by atoms with van der Waals surface area (Å²) in [6, 6.07) is 3.51. The summed E-state index contributed by atoms with van der Waals surface area (Å²) >= 11 is 6.10. The first kappa shape index (κ1) is 11.1. The molecule has 0 fully saturated rings. The second kappa shape index (κ2) is 4.53. The number of rotatable bonds is 3. The number of halogens is 1. The summed E-state index contributed by atoms with van der Waals surface area (Å²) in [4.78, 5) is 0. The van der Waals surface area contributed by atoms with Crippen LogP contribution in [0.5, 0.6) is 11.5 Å². The molecule has 1 aromatic carbocycles. The van der Waals surface area contributed by atoms with Gasteiger partial charge in [-0.05, 0) is 18.6 Å². The van der Waals surface area contributed by atoms with Gasteiger partial charge in [0, 0.05) is 6.04 Å². The monoisotopic (exact) mass is 215 g/mol. The Bertz CT molecular complexity index is 326. The molecule has 0 aliphatic heterocycles. The largest absolute Gasteiger partial charge is 0.493 e. The number of nitrogens with two attached hydrogens (primary N) is 1. The number of methoxy groups -OCH3 is 2. The maximum Gasteiger partial charge on any atom is 0.179 e. The van der Waals surface area contributed by atoms with Gasteiger partial charge in [0.05, 0.1) is 19.2 Å². The van der Waals surface area contributed by atoms with Crippen LogP contribution in [0.2, 0.25) is 5.02 Å². The van der Waals surface area contributed by atoms with Crippen molar-refractivity contribution in [3.63, 3.8) is 0 Å². The van der Waals surface area contributed by atoms with E-state index in [9.17, 15) is 0 Å². The van der Waals surface area contributed by atoms with Crippen molar-refractivity contribution in [1.82, 2.24) is 0 Å². The van der Waals surface area contributed by atoms with Crippen LogP contribution in [0.15, 0.2) is 12.1 Å². The fraction of sp³-hybridized carbons (Fsp3) is 0.400. The topological polar surface area (TPSA) is 44.5 Å². The molecule has 0 saturated heterocycles. The van der Waals surface area contributed by atoms with Crippen LogP contribution in [0.1, 0.15) is 18.5 Å². The van der Waals surface area contributed by atoms with E-state index in [1.54, 1.807) is 20.3 Å². The average molecular weight is 216 g/mol. The Morgan fingerprint density at radius 2 is 1.93 bits per heavy atom. The van der Waals surface area contributed by atoms with E-state index >= 15 is 0 Å². The molecule has 0 bridgehead atoms. The normalized spacial score (nSPS) is 12.4. The molecule has 0 unspecified atom stereocenters. The van der Waals surface area contributed by atoms with Gasteiger partial charge >= 0.3 is 0 Å². The molecule has 0 spiro atoms. The van der Waals surface area contributed by atoms with Crippen molar-refractivity contribution in [3.8, 4) is 11.5 Å². The highest BCUT2D eigenvalue weighted by molar-refractivity contribution is 6.33. The van der Waals surface area contributed by atoms with Gasteiger partial charge in [-0.1, -0.05) is 17.7 Å². The van der Waals surface area contributed by atoms with Gasteiger partial charge in [0.2, 0.25) is 0 Å². The van der Waals surface area contributed by atoms with Crippen molar-refractivity contribution in [2.24, 2.45) is 5.73 Å². The quantitative estimate of drug-likeness (QED) is 0.842. The second-order valence-corrected chi connectivity index (χ2v) is 3.37. The Balaban J connectivity index is 3.27. The lowest BCUT2D eigenvalue weighted by Gasteiger charge is -2.14. The van der Waals surface area contributed by atoms with E-state index in [0.717, 1.165) is 5.56 Å². The summed E-state index contributed by atoms with van der Waals surface area (Å²) in [7, 11) is 3.12. The molecule has 0 saturated carbocycles. The summed E-state index contributed by atoms with van der Waals surface area (Å²) in [6.07, 6.45) is 0. The van der Waals surface area contributed by atoms with Crippen LogP contribution in [-0.4, -0.2) is 14.2 Å². The molecule has 0 aliphatic carbocycles. The SMILES string of the molecule is COc1ccc([C@@H](C)N)c(Cl)c1OC. The van der Waals surface area contributed by atoms with Gasteiger partial charge in [-0.3, -0.25) is 0 Å². The van der Waals surface area contributed by atoms with Gasteiger partial charge in [-0.15, -0.1) is 0 Å². The molecule has 14 heavy (non-hydrogen) atoms. The molecule has 78 valence electrons. The molecule has 0 radical (unpaired) electrons. The van der Waals surface area contributed by atoms with E-state index in [4.69, 9.17) is 26.8 Å². The highest BCUT2D eigenvalue weighted by atomic mass is 35.5. The van der Waals surface area contributed by atoms with Gasteiger partial charge in [0.15, 0.2) is 11.5 Å². The first-order valence-corrected chi connectivity index (χ1v) is 4.65. The molecular weight excluding hydrogens is 202 g/mol. The molecule has 0 aromatic heterocycles. The predicted molar refractivity (Wildman–Crippen MR) is 57.2 cm³/mol.